The SMILES string of the molecule is C=Cc1ccc(C(=O)N2CCN(C(=O)/C=C/c3ccc(Br)cc3)CC2)cc1. The molecule has 0 bridgehead atoms. The number of hydrogen-bond acceptors (Lipinski definition) is 2. The summed E-state index contributed by atoms with van der Waals surface area (Å²) in [7, 11) is 0. The van der Waals surface area contributed by atoms with Gasteiger partial charge in [0.15, 0.2) is 0 Å². The summed E-state index contributed by atoms with van der Waals surface area (Å²) in [5.74, 6) is -0.0246. The van der Waals surface area contributed by atoms with Crippen molar-refractivity contribution in [1.82, 2.24) is 9.80 Å². The van der Waals surface area contributed by atoms with E-state index in [1.807, 2.05) is 54.6 Å². The van der Waals surface area contributed by atoms with Crippen molar-refractivity contribution in [3.63, 3.8) is 0 Å². The number of hydrogen-bond donors (Lipinski definition) is 0. The molecule has 4 nitrogen and oxygen atoms in total. The van der Waals surface area contributed by atoms with Crippen molar-refractivity contribution in [1.29, 1.82) is 0 Å². The van der Waals surface area contributed by atoms with E-state index >= 15 is 0 Å². The normalized spacial score (nSPS) is 14.4. The standard InChI is InChI=1S/C22H21BrN2O2/c1-2-17-3-8-19(9-4-17)22(27)25-15-13-24(14-16-25)21(26)12-7-18-5-10-20(23)11-6-18/h2-12H,1,13-16H2/b12-7+. The predicted molar refractivity (Wildman–Crippen MR) is 112 cm³/mol. The number of amides is 2. The number of benzene rings is 2. The monoisotopic (exact) mass is 424 g/mol. The lowest BCUT2D eigenvalue weighted by Gasteiger charge is -2.34. The van der Waals surface area contributed by atoms with Crippen LogP contribution in [0.5, 0.6) is 0 Å². The third-order valence-corrected chi connectivity index (χ3v) is 5.09. The molecule has 1 heterocycles. The Hall–Kier alpha value is -2.66. The van der Waals surface area contributed by atoms with Gasteiger partial charge in [0, 0.05) is 42.3 Å². The van der Waals surface area contributed by atoms with E-state index in [0.717, 1.165) is 15.6 Å². The third kappa shape index (κ3) is 4.95. The zero-order chi connectivity index (χ0) is 19.2. The molecule has 2 amide bonds. The Morgan fingerprint density at radius 2 is 1.41 bits per heavy atom. The number of halogens is 1. The summed E-state index contributed by atoms with van der Waals surface area (Å²) < 4.78 is 1.01. The van der Waals surface area contributed by atoms with E-state index in [4.69, 9.17) is 0 Å². The molecule has 1 aliphatic rings. The van der Waals surface area contributed by atoms with Gasteiger partial charge in [-0.15, -0.1) is 0 Å². The average Bonchev–Trinajstić information content (AvgIpc) is 2.73. The van der Waals surface area contributed by atoms with Gasteiger partial charge in [-0.3, -0.25) is 9.59 Å². The highest BCUT2D eigenvalue weighted by molar-refractivity contribution is 9.10. The molecule has 138 valence electrons. The molecule has 0 radical (unpaired) electrons. The van der Waals surface area contributed by atoms with Crippen LogP contribution >= 0.6 is 15.9 Å². The van der Waals surface area contributed by atoms with E-state index in [0.29, 0.717) is 31.7 Å². The zero-order valence-electron chi connectivity index (χ0n) is 15.0. The first-order chi connectivity index (χ1) is 13.1. The highest BCUT2D eigenvalue weighted by Gasteiger charge is 2.23. The molecule has 5 heteroatoms. The molecule has 1 aliphatic heterocycles. The number of carbonyl (C=O) groups excluding carboxylic acids is 2. The Balaban J connectivity index is 1.54. The van der Waals surface area contributed by atoms with Crippen molar-refractivity contribution in [2.45, 2.75) is 0 Å². The first-order valence-corrected chi connectivity index (χ1v) is 9.60. The fraction of sp³-hybridized carbons (Fsp3) is 0.182. The first-order valence-electron chi connectivity index (χ1n) is 8.81. The lowest BCUT2D eigenvalue weighted by Crippen LogP contribution is -2.50. The van der Waals surface area contributed by atoms with E-state index in [1.54, 1.807) is 22.0 Å². The minimum absolute atomic E-state index is 0.00288. The van der Waals surface area contributed by atoms with Crippen molar-refractivity contribution < 1.29 is 9.59 Å². The molecule has 2 aromatic rings. The minimum Gasteiger partial charge on any atom is -0.336 e. The summed E-state index contributed by atoms with van der Waals surface area (Å²) in [6, 6.07) is 15.2. The molecular weight excluding hydrogens is 404 g/mol. The van der Waals surface area contributed by atoms with E-state index in [2.05, 4.69) is 22.5 Å². The van der Waals surface area contributed by atoms with Crippen LogP contribution in [0.1, 0.15) is 21.5 Å². The molecule has 2 aromatic carbocycles. The minimum atomic E-state index is -0.0275. The van der Waals surface area contributed by atoms with Crippen molar-refractivity contribution in [3.8, 4) is 0 Å². The van der Waals surface area contributed by atoms with E-state index < -0.39 is 0 Å². The van der Waals surface area contributed by atoms with Gasteiger partial charge >= 0.3 is 0 Å². The van der Waals surface area contributed by atoms with Crippen LogP contribution in [0.2, 0.25) is 0 Å². The molecule has 3 rings (SSSR count). The van der Waals surface area contributed by atoms with Gasteiger partial charge in [-0.05, 0) is 41.5 Å². The summed E-state index contributed by atoms with van der Waals surface area (Å²) in [5, 5.41) is 0. The quantitative estimate of drug-likeness (QED) is 0.693. The van der Waals surface area contributed by atoms with Crippen molar-refractivity contribution in [2.75, 3.05) is 26.2 Å². The Labute approximate surface area is 167 Å². The molecule has 0 spiro atoms. The van der Waals surface area contributed by atoms with Crippen LogP contribution in [0.3, 0.4) is 0 Å². The summed E-state index contributed by atoms with van der Waals surface area (Å²) in [5.41, 5.74) is 2.62. The van der Waals surface area contributed by atoms with Gasteiger partial charge in [0.05, 0.1) is 0 Å². The first kappa shape index (κ1) is 19.1. The highest BCUT2D eigenvalue weighted by atomic mass is 79.9. The van der Waals surface area contributed by atoms with Crippen LogP contribution < -0.4 is 0 Å². The maximum Gasteiger partial charge on any atom is 0.253 e. The van der Waals surface area contributed by atoms with E-state index in [9.17, 15) is 9.59 Å². The Morgan fingerprint density at radius 3 is 2.00 bits per heavy atom. The number of nitrogens with zero attached hydrogens (tertiary/aromatic N) is 2. The molecule has 0 aliphatic carbocycles. The van der Waals surface area contributed by atoms with Crippen LogP contribution in [-0.4, -0.2) is 47.8 Å². The molecule has 1 fully saturated rings. The average molecular weight is 425 g/mol. The van der Waals surface area contributed by atoms with Gasteiger partial charge in [0.2, 0.25) is 5.91 Å². The van der Waals surface area contributed by atoms with Gasteiger partial charge in [-0.1, -0.05) is 52.9 Å². The van der Waals surface area contributed by atoms with Gasteiger partial charge in [-0.2, -0.15) is 0 Å². The molecule has 0 aromatic heterocycles. The molecule has 0 saturated carbocycles. The van der Waals surface area contributed by atoms with Crippen LogP contribution in [0, 0.1) is 0 Å². The van der Waals surface area contributed by atoms with Crippen molar-refractivity contribution >= 4 is 39.9 Å². The van der Waals surface area contributed by atoms with Crippen LogP contribution in [-0.2, 0) is 4.79 Å². The fourth-order valence-electron chi connectivity index (χ4n) is 2.92. The summed E-state index contributed by atoms with van der Waals surface area (Å²) in [6.45, 7) is 5.88. The fourth-order valence-corrected chi connectivity index (χ4v) is 3.19. The second kappa shape index (κ2) is 8.82. The van der Waals surface area contributed by atoms with E-state index in [1.165, 1.54) is 0 Å². The number of carbonyl (C=O) groups is 2. The topological polar surface area (TPSA) is 40.6 Å². The van der Waals surface area contributed by atoms with Gasteiger partial charge in [0.1, 0.15) is 0 Å². The maximum absolute atomic E-state index is 12.6. The summed E-state index contributed by atoms with van der Waals surface area (Å²) >= 11 is 3.39. The molecule has 0 unspecified atom stereocenters. The predicted octanol–water partition coefficient (Wildman–Crippen LogP) is 4.09. The Morgan fingerprint density at radius 1 is 0.852 bits per heavy atom. The van der Waals surface area contributed by atoms with Gasteiger partial charge in [0.25, 0.3) is 5.91 Å². The molecule has 0 N–H and O–H groups in total. The van der Waals surface area contributed by atoms with Crippen LogP contribution in [0.15, 0.2) is 65.7 Å². The Kier molecular flexibility index (Phi) is 6.24. The molecule has 1 saturated heterocycles. The smallest absolute Gasteiger partial charge is 0.253 e. The summed E-state index contributed by atoms with van der Waals surface area (Å²) in [6.07, 6.45) is 5.16. The van der Waals surface area contributed by atoms with Crippen molar-refractivity contribution in [3.05, 3.63) is 82.3 Å². The number of rotatable bonds is 4. The van der Waals surface area contributed by atoms with Gasteiger partial charge < -0.3 is 9.80 Å². The lowest BCUT2D eigenvalue weighted by atomic mass is 10.1. The largest absolute Gasteiger partial charge is 0.336 e. The zero-order valence-corrected chi connectivity index (χ0v) is 16.6. The second-order valence-corrected chi connectivity index (χ2v) is 7.24. The Bertz CT molecular complexity index is 849. The van der Waals surface area contributed by atoms with Crippen LogP contribution in [0.4, 0.5) is 0 Å². The second-order valence-electron chi connectivity index (χ2n) is 6.33. The summed E-state index contributed by atoms with van der Waals surface area (Å²) in [4.78, 5) is 28.5. The molecule has 27 heavy (non-hydrogen) atoms. The third-order valence-electron chi connectivity index (χ3n) is 4.56. The van der Waals surface area contributed by atoms with E-state index in [-0.39, 0.29) is 11.8 Å². The highest BCUT2D eigenvalue weighted by Crippen LogP contribution is 2.13. The van der Waals surface area contributed by atoms with Gasteiger partial charge in [-0.25, -0.2) is 0 Å². The van der Waals surface area contributed by atoms with Crippen LogP contribution in [0.25, 0.3) is 12.2 Å². The molecule has 0 atom stereocenters. The lowest BCUT2D eigenvalue weighted by molar-refractivity contribution is -0.127. The molecular formula is C22H21BrN2O2. The number of piperazine rings is 1. The maximum atomic E-state index is 12.6. The van der Waals surface area contributed by atoms with Crippen molar-refractivity contribution in [2.24, 2.45) is 0 Å².